The van der Waals surface area contributed by atoms with Crippen LogP contribution < -0.4 is 4.74 Å². The molecule has 1 aromatic carbocycles. The molecule has 0 saturated carbocycles. The van der Waals surface area contributed by atoms with Gasteiger partial charge in [0, 0.05) is 6.07 Å². The molecule has 0 amide bonds. The van der Waals surface area contributed by atoms with Gasteiger partial charge in [-0.15, -0.1) is 0 Å². The predicted molar refractivity (Wildman–Crippen MR) is 56.2 cm³/mol. The summed E-state index contributed by atoms with van der Waals surface area (Å²) >= 11 is 0. The van der Waals surface area contributed by atoms with Gasteiger partial charge in [-0.3, -0.25) is 0 Å². The van der Waals surface area contributed by atoms with Gasteiger partial charge in [0.1, 0.15) is 11.6 Å². The first kappa shape index (κ1) is 11.0. The first-order valence-corrected chi connectivity index (χ1v) is 5.12. The van der Waals surface area contributed by atoms with Gasteiger partial charge in [0.2, 0.25) is 0 Å². The Morgan fingerprint density at radius 3 is 2.64 bits per heavy atom. The minimum Gasteiger partial charge on any atom is -0.493 e. The van der Waals surface area contributed by atoms with Crippen LogP contribution in [0.3, 0.4) is 0 Å². The Morgan fingerprint density at radius 2 is 2.00 bits per heavy atom. The molecule has 78 valence electrons. The monoisotopic (exact) mass is 196 g/mol. The van der Waals surface area contributed by atoms with Crippen LogP contribution >= 0.6 is 0 Å². The van der Waals surface area contributed by atoms with Crippen molar-refractivity contribution >= 4 is 0 Å². The molecule has 0 spiro atoms. The van der Waals surface area contributed by atoms with Crippen LogP contribution in [0.25, 0.3) is 0 Å². The third-order valence-electron chi connectivity index (χ3n) is 2.03. The Labute approximate surface area is 84.9 Å². The zero-order valence-electron chi connectivity index (χ0n) is 8.85. The zero-order chi connectivity index (χ0) is 10.4. The van der Waals surface area contributed by atoms with Crippen LogP contribution in [0.1, 0.15) is 31.7 Å². The second kappa shape index (κ2) is 5.63. The number of aryl methyl sites for hydroxylation is 1. The predicted octanol–water partition coefficient (Wildman–Crippen LogP) is 3.70. The number of rotatable bonds is 5. The van der Waals surface area contributed by atoms with Crippen LogP contribution in [0.2, 0.25) is 0 Å². The maximum Gasteiger partial charge on any atom is 0.127 e. The molecule has 0 radical (unpaired) electrons. The van der Waals surface area contributed by atoms with Crippen LogP contribution in [-0.2, 0) is 0 Å². The summed E-state index contributed by atoms with van der Waals surface area (Å²) in [6.07, 6.45) is 3.37. The van der Waals surface area contributed by atoms with E-state index in [0.29, 0.717) is 12.4 Å². The second-order valence-electron chi connectivity index (χ2n) is 3.52. The van der Waals surface area contributed by atoms with Gasteiger partial charge >= 0.3 is 0 Å². The Hall–Kier alpha value is -1.05. The highest BCUT2D eigenvalue weighted by atomic mass is 19.1. The van der Waals surface area contributed by atoms with Crippen molar-refractivity contribution in [2.75, 3.05) is 6.61 Å². The highest BCUT2D eigenvalue weighted by Gasteiger charge is 1.98. The molecule has 0 heterocycles. The molecule has 0 saturated heterocycles. The van der Waals surface area contributed by atoms with E-state index < -0.39 is 0 Å². The highest BCUT2D eigenvalue weighted by molar-refractivity contribution is 5.28. The van der Waals surface area contributed by atoms with Crippen LogP contribution in [0, 0.1) is 12.7 Å². The van der Waals surface area contributed by atoms with Crippen LogP contribution in [0.5, 0.6) is 5.75 Å². The Balaban J connectivity index is 2.42. The van der Waals surface area contributed by atoms with E-state index in [1.165, 1.54) is 18.6 Å². The van der Waals surface area contributed by atoms with Crippen molar-refractivity contribution in [3.63, 3.8) is 0 Å². The zero-order valence-corrected chi connectivity index (χ0v) is 8.85. The molecule has 0 atom stereocenters. The van der Waals surface area contributed by atoms with Gasteiger partial charge < -0.3 is 4.74 Å². The van der Waals surface area contributed by atoms with Crippen molar-refractivity contribution < 1.29 is 9.13 Å². The Bertz CT molecular complexity index is 263. The minimum atomic E-state index is -0.226. The molecule has 0 aliphatic heterocycles. The molecular weight excluding hydrogens is 179 g/mol. The molecule has 0 unspecified atom stereocenters. The SMILES string of the molecule is CCCCCOc1cc(C)cc(F)c1. The van der Waals surface area contributed by atoms with E-state index in [-0.39, 0.29) is 5.82 Å². The van der Waals surface area contributed by atoms with Crippen molar-refractivity contribution in [1.29, 1.82) is 0 Å². The minimum absolute atomic E-state index is 0.226. The molecule has 0 fully saturated rings. The van der Waals surface area contributed by atoms with Crippen LogP contribution in [0.15, 0.2) is 18.2 Å². The molecule has 0 bridgehead atoms. The maximum absolute atomic E-state index is 12.9. The van der Waals surface area contributed by atoms with Gasteiger partial charge in [0.25, 0.3) is 0 Å². The Morgan fingerprint density at radius 1 is 1.21 bits per heavy atom. The van der Waals surface area contributed by atoms with Crippen molar-refractivity contribution in [2.24, 2.45) is 0 Å². The molecule has 1 rings (SSSR count). The molecule has 2 heteroatoms. The number of hydrogen-bond donors (Lipinski definition) is 0. The summed E-state index contributed by atoms with van der Waals surface area (Å²) in [5, 5.41) is 0. The Kier molecular flexibility index (Phi) is 4.44. The first-order chi connectivity index (χ1) is 6.72. The number of hydrogen-bond acceptors (Lipinski definition) is 1. The number of unbranched alkanes of at least 4 members (excludes halogenated alkanes) is 2. The number of benzene rings is 1. The fourth-order valence-corrected chi connectivity index (χ4v) is 1.33. The number of ether oxygens (including phenoxy) is 1. The van der Waals surface area contributed by atoms with E-state index in [1.807, 2.05) is 13.0 Å². The summed E-state index contributed by atoms with van der Waals surface area (Å²) in [6.45, 7) is 4.69. The number of halogens is 1. The molecule has 0 N–H and O–H groups in total. The van der Waals surface area contributed by atoms with E-state index in [4.69, 9.17) is 4.74 Å². The van der Waals surface area contributed by atoms with Crippen molar-refractivity contribution in [3.05, 3.63) is 29.6 Å². The fraction of sp³-hybridized carbons (Fsp3) is 0.500. The summed E-state index contributed by atoms with van der Waals surface area (Å²) in [5.41, 5.74) is 0.899. The molecule has 0 aliphatic carbocycles. The molecule has 0 aliphatic rings. The topological polar surface area (TPSA) is 9.23 Å². The lowest BCUT2D eigenvalue weighted by atomic mass is 10.2. The molecule has 1 nitrogen and oxygen atoms in total. The lowest BCUT2D eigenvalue weighted by Gasteiger charge is -2.06. The van der Waals surface area contributed by atoms with Gasteiger partial charge in [-0.1, -0.05) is 19.8 Å². The van der Waals surface area contributed by atoms with Gasteiger partial charge in [-0.05, 0) is 31.0 Å². The first-order valence-electron chi connectivity index (χ1n) is 5.12. The van der Waals surface area contributed by atoms with Gasteiger partial charge in [-0.2, -0.15) is 0 Å². The highest BCUT2D eigenvalue weighted by Crippen LogP contribution is 2.16. The average Bonchev–Trinajstić information content (AvgIpc) is 2.11. The van der Waals surface area contributed by atoms with Crippen molar-refractivity contribution in [1.82, 2.24) is 0 Å². The second-order valence-corrected chi connectivity index (χ2v) is 3.52. The van der Waals surface area contributed by atoms with Gasteiger partial charge in [0.15, 0.2) is 0 Å². The largest absolute Gasteiger partial charge is 0.493 e. The summed E-state index contributed by atoms with van der Waals surface area (Å²) in [5.74, 6) is 0.411. The standard InChI is InChI=1S/C12H17FO/c1-3-4-5-6-14-12-8-10(2)7-11(13)9-12/h7-9H,3-6H2,1-2H3. The fourth-order valence-electron chi connectivity index (χ4n) is 1.33. The van der Waals surface area contributed by atoms with Crippen LogP contribution in [-0.4, -0.2) is 6.61 Å². The quantitative estimate of drug-likeness (QED) is 0.652. The van der Waals surface area contributed by atoms with E-state index >= 15 is 0 Å². The molecule has 0 aromatic heterocycles. The van der Waals surface area contributed by atoms with E-state index in [9.17, 15) is 4.39 Å². The average molecular weight is 196 g/mol. The van der Waals surface area contributed by atoms with E-state index in [1.54, 1.807) is 0 Å². The third kappa shape index (κ3) is 3.77. The normalized spacial score (nSPS) is 10.2. The van der Waals surface area contributed by atoms with Crippen LogP contribution in [0.4, 0.5) is 4.39 Å². The van der Waals surface area contributed by atoms with Gasteiger partial charge in [-0.25, -0.2) is 4.39 Å². The third-order valence-corrected chi connectivity index (χ3v) is 2.03. The summed E-state index contributed by atoms with van der Waals surface area (Å²) in [6, 6.07) is 4.78. The summed E-state index contributed by atoms with van der Waals surface area (Å²) < 4.78 is 18.4. The van der Waals surface area contributed by atoms with Gasteiger partial charge in [0.05, 0.1) is 6.61 Å². The smallest absolute Gasteiger partial charge is 0.127 e. The van der Waals surface area contributed by atoms with E-state index in [0.717, 1.165) is 18.4 Å². The molecular formula is C12H17FO. The van der Waals surface area contributed by atoms with Crippen molar-refractivity contribution in [3.8, 4) is 5.75 Å². The van der Waals surface area contributed by atoms with E-state index in [2.05, 4.69) is 6.92 Å². The lowest BCUT2D eigenvalue weighted by molar-refractivity contribution is 0.304. The summed E-state index contributed by atoms with van der Waals surface area (Å²) in [4.78, 5) is 0. The maximum atomic E-state index is 12.9. The lowest BCUT2D eigenvalue weighted by Crippen LogP contribution is -1.97. The summed E-state index contributed by atoms with van der Waals surface area (Å²) in [7, 11) is 0. The molecule has 1 aromatic rings. The molecule has 14 heavy (non-hydrogen) atoms. The van der Waals surface area contributed by atoms with Crippen molar-refractivity contribution in [2.45, 2.75) is 33.1 Å².